The summed E-state index contributed by atoms with van der Waals surface area (Å²) in [5, 5.41) is 20.1. The van der Waals surface area contributed by atoms with Gasteiger partial charge < -0.3 is 20.1 Å². The number of urea groups is 1. The lowest BCUT2D eigenvalue weighted by molar-refractivity contribution is -0.142. The number of carbonyl (C=O) groups excluding carboxylic acids is 2. The molecule has 0 bridgehead atoms. The summed E-state index contributed by atoms with van der Waals surface area (Å²) < 4.78 is 4.43. The number of nitrogens with one attached hydrogen (secondary N) is 1. The lowest BCUT2D eigenvalue weighted by atomic mass is 10.1. The van der Waals surface area contributed by atoms with Gasteiger partial charge in [0.25, 0.3) is 0 Å². The molecule has 0 aliphatic rings. The fourth-order valence-electron chi connectivity index (χ4n) is 1.59. The Morgan fingerprint density at radius 1 is 1.43 bits per heavy atom. The number of hydrogen-bond acceptors (Lipinski definition) is 5. The Labute approximate surface area is 123 Å². The van der Waals surface area contributed by atoms with Crippen LogP contribution in [0.1, 0.15) is 26.7 Å². The van der Waals surface area contributed by atoms with Crippen LogP contribution in [0.3, 0.4) is 0 Å². The zero-order chi connectivity index (χ0) is 16.4. The molecule has 2 atom stereocenters. The van der Waals surface area contributed by atoms with Crippen LogP contribution in [-0.2, 0) is 14.3 Å². The monoisotopic (exact) mass is 299 g/mol. The van der Waals surface area contributed by atoms with Crippen molar-refractivity contribution in [1.82, 2.24) is 10.2 Å². The highest BCUT2D eigenvalue weighted by Crippen LogP contribution is 2.03. The van der Waals surface area contributed by atoms with Crippen molar-refractivity contribution in [2.45, 2.75) is 32.7 Å². The molecule has 0 spiro atoms. The molecule has 8 nitrogen and oxygen atoms in total. The molecule has 0 saturated heterocycles. The SMILES string of the molecule is CCN(CC(C)C#N)C(=O)N[C@H](CCC(=O)OC)C(=O)O. The first-order valence-corrected chi connectivity index (χ1v) is 6.60. The van der Waals surface area contributed by atoms with Crippen LogP contribution in [0.25, 0.3) is 0 Å². The van der Waals surface area contributed by atoms with Gasteiger partial charge in [-0.25, -0.2) is 9.59 Å². The molecule has 21 heavy (non-hydrogen) atoms. The highest BCUT2D eigenvalue weighted by Gasteiger charge is 2.24. The maximum absolute atomic E-state index is 12.0. The molecule has 2 amide bonds. The molecule has 0 fully saturated rings. The minimum atomic E-state index is -1.23. The fraction of sp³-hybridized carbons (Fsp3) is 0.692. The normalized spacial score (nSPS) is 12.7. The van der Waals surface area contributed by atoms with Gasteiger partial charge in [-0.05, 0) is 20.3 Å². The third-order valence-electron chi connectivity index (χ3n) is 2.84. The quantitative estimate of drug-likeness (QED) is 0.633. The van der Waals surface area contributed by atoms with E-state index >= 15 is 0 Å². The second-order valence-corrected chi connectivity index (χ2v) is 4.52. The van der Waals surface area contributed by atoms with Crippen molar-refractivity contribution in [3.05, 3.63) is 0 Å². The number of nitriles is 1. The second kappa shape index (κ2) is 9.58. The maximum Gasteiger partial charge on any atom is 0.326 e. The van der Waals surface area contributed by atoms with Crippen molar-refractivity contribution in [2.75, 3.05) is 20.2 Å². The Morgan fingerprint density at radius 2 is 2.05 bits per heavy atom. The molecule has 1 unspecified atom stereocenters. The molecule has 0 aromatic heterocycles. The second-order valence-electron chi connectivity index (χ2n) is 4.52. The van der Waals surface area contributed by atoms with Gasteiger partial charge in [-0.3, -0.25) is 4.79 Å². The number of carboxylic acid groups (broad SMARTS) is 1. The third kappa shape index (κ3) is 7.15. The standard InChI is InChI=1S/C13H21N3O5/c1-4-16(8-9(2)7-14)13(20)15-10(12(18)19)5-6-11(17)21-3/h9-10H,4-6,8H2,1-3H3,(H,15,20)(H,18,19)/t9?,10-/m1/s1. The van der Waals surface area contributed by atoms with E-state index in [-0.39, 0.29) is 25.3 Å². The van der Waals surface area contributed by atoms with Crippen molar-refractivity contribution in [3.8, 4) is 6.07 Å². The van der Waals surface area contributed by atoms with Gasteiger partial charge in [-0.1, -0.05) is 0 Å². The molecule has 0 aliphatic carbocycles. The van der Waals surface area contributed by atoms with E-state index in [1.54, 1.807) is 13.8 Å². The van der Waals surface area contributed by atoms with Gasteiger partial charge in [-0.2, -0.15) is 5.26 Å². The van der Waals surface area contributed by atoms with Crippen LogP contribution in [0, 0.1) is 17.2 Å². The summed E-state index contributed by atoms with van der Waals surface area (Å²) in [6, 6.07) is 0.259. The topological polar surface area (TPSA) is 120 Å². The first kappa shape index (κ1) is 18.7. The van der Waals surface area contributed by atoms with Gasteiger partial charge in [0.15, 0.2) is 0 Å². The summed E-state index contributed by atoms with van der Waals surface area (Å²) in [7, 11) is 1.21. The van der Waals surface area contributed by atoms with Crippen molar-refractivity contribution in [3.63, 3.8) is 0 Å². The molecule has 0 radical (unpaired) electrons. The van der Waals surface area contributed by atoms with E-state index in [1.165, 1.54) is 12.0 Å². The van der Waals surface area contributed by atoms with Gasteiger partial charge in [0, 0.05) is 19.5 Å². The number of nitrogens with zero attached hydrogens (tertiary/aromatic N) is 2. The Hall–Kier alpha value is -2.30. The number of aliphatic carboxylic acids is 1. The summed E-state index contributed by atoms with van der Waals surface area (Å²) in [5.41, 5.74) is 0. The van der Waals surface area contributed by atoms with Gasteiger partial charge in [0.05, 0.1) is 19.1 Å². The Kier molecular flexibility index (Phi) is 8.53. The molecule has 0 aromatic carbocycles. The summed E-state index contributed by atoms with van der Waals surface area (Å²) in [6.45, 7) is 3.96. The van der Waals surface area contributed by atoms with Crippen molar-refractivity contribution in [1.29, 1.82) is 5.26 Å². The minimum absolute atomic E-state index is 0.0564. The van der Waals surface area contributed by atoms with E-state index in [4.69, 9.17) is 10.4 Å². The largest absolute Gasteiger partial charge is 0.480 e. The Bertz CT molecular complexity index is 419. The molecule has 0 heterocycles. The molecule has 0 aliphatic heterocycles. The number of ether oxygens (including phenoxy) is 1. The highest BCUT2D eigenvalue weighted by molar-refractivity contribution is 5.83. The summed E-state index contributed by atoms with van der Waals surface area (Å²) in [6.07, 6.45) is -0.159. The average molecular weight is 299 g/mol. The summed E-state index contributed by atoms with van der Waals surface area (Å²) in [4.78, 5) is 35.4. The summed E-state index contributed by atoms with van der Waals surface area (Å²) >= 11 is 0. The lowest BCUT2D eigenvalue weighted by Crippen LogP contribution is -2.49. The first-order valence-electron chi connectivity index (χ1n) is 6.60. The third-order valence-corrected chi connectivity index (χ3v) is 2.84. The number of carbonyl (C=O) groups is 3. The molecule has 0 aromatic rings. The first-order chi connectivity index (χ1) is 9.85. The smallest absolute Gasteiger partial charge is 0.326 e. The van der Waals surface area contributed by atoms with E-state index in [1.807, 2.05) is 6.07 Å². The average Bonchev–Trinajstić information content (AvgIpc) is 2.47. The number of hydrogen-bond donors (Lipinski definition) is 2. The van der Waals surface area contributed by atoms with Gasteiger partial charge in [0.1, 0.15) is 6.04 Å². The molecular weight excluding hydrogens is 278 g/mol. The molecular formula is C13H21N3O5. The molecule has 8 heteroatoms. The van der Waals surface area contributed by atoms with Gasteiger partial charge in [0.2, 0.25) is 0 Å². The molecule has 2 N–H and O–H groups in total. The van der Waals surface area contributed by atoms with Crippen molar-refractivity contribution >= 4 is 18.0 Å². The lowest BCUT2D eigenvalue weighted by Gasteiger charge is -2.24. The number of carboxylic acids is 1. The molecule has 0 saturated carbocycles. The van der Waals surface area contributed by atoms with Crippen LogP contribution < -0.4 is 5.32 Å². The highest BCUT2D eigenvalue weighted by atomic mass is 16.5. The number of methoxy groups -OCH3 is 1. The van der Waals surface area contributed by atoms with Crippen LogP contribution in [0.15, 0.2) is 0 Å². The van der Waals surface area contributed by atoms with Crippen molar-refractivity contribution < 1.29 is 24.2 Å². The predicted octanol–water partition coefficient (Wildman–Crippen LogP) is 0.584. The van der Waals surface area contributed by atoms with Crippen LogP contribution in [-0.4, -0.2) is 54.2 Å². The Morgan fingerprint density at radius 3 is 2.48 bits per heavy atom. The van der Waals surface area contributed by atoms with Gasteiger partial charge >= 0.3 is 18.0 Å². The molecule has 0 rings (SSSR count). The van der Waals surface area contributed by atoms with E-state index in [0.717, 1.165) is 0 Å². The number of esters is 1. The Balaban J connectivity index is 4.61. The van der Waals surface area contributed by atoms with Crippen LogP contribution in [0.4, 0.5) is 4.79 Å². The maximum atomic E-state index is 12.0. The zero-order valence-electron chi connectivity index (χ0n) is 12.5. The number of rotatable bonds is 8. The fourth-order valence-corrected chi connectivity index (χ4v) is 1.59. The van der Waals surface area contributed by atoms with Crippen LogP contribution in [0.5, 0.6) is 0 Å². The number of amides is 2. The van der Waals surface area contributed by atoms with E-state index < -0.39 is 24.0 Å². The van der Waals surface area contributed by atoms with Crippen molar-refractivity contribution in [2.24, 2.45) is 5.92 Å². The predicted molar refractivity (Wildman–Crippen MR) is 73.2 cm³/mol. The molecule has 118 valence electrons. The van der Waals surface area contributed by atoms with E-state index in [2.05, 4.69) is 10.1 Å². The van der Waals surface area contributed by atoms with Crippen LogP contribution in [0.2, 0.25) is 0 Å². The van der Waals surface area contributed by atoms with Gasteiger partial charge in [-0.15, -0.1) is 0 Å². The van der Waals surface area contributed by atoms with E-state index in [0.29, 0.717) is 6.54 Å². The summed E-state index contributed by atoms with van der Waals surface area (Å²) in [5.74, 6) is -2.12. The minimum Gasteiger partial charge on any atom is -0.480 e. The zero-order valence-corrected chi connectivity index (χ0v) is 12.5. The van der Waals surface area contributed by atoms with E-state index in [9.17, 15) is 14.4 Å². The van der Waals surface area contributed by atoms with Crippen LogP contribution >= 0.6 is 0 Å².